The van der Waals surface area contributed by atoms with Crippen LogP contribution in [0.4, 0.5) is 0 Å². The summed E-state index contributed by atoms with van der Waals surface area (Å²) in [7, 11) is 0. The number of hydrogen-bond acceptors (Lipinski definition) is 26. The van der Waals surface area contributed by atoms with Crippen LogP contribution in [0.2, 0.25) is 0 Å². The lowest BCUT2D eigenvalue weighted by atomic mass is 10.0. The van der Waals surface area contributed by atoms with E-state index in [4.69, 9.17) is 38.9 Å². The minimum atomic E-state index is -2.12. The number of aliphatic hydroxyl groups is 1. The largest absolute Gasteiger partial charge is 0.508 e. The zero-order valence-electron chi connectivity index (χ0n) is 66.1. The summed E-state index contributed by atoms with van der Waals surface area (Å²) in [6.07, 6.45) is -1.02. The first-order valence-corrected chi connectivity index (χ1v) is 39.1. The fraction of sp³-hybridized carbons (Fsp3) is 0.560. The van der Waals surface area contributed by atoms with Crippen LogP contribution < -0.4 is 92.5 Å². The average Bonchev–Trinajstić information content (AvgIpc) is 1.62. The maximum atomic E-state index is 14.8. The number of carbonyl (C=O) groups excluding carboxylic acids is 13. The molecule has 30 N–H and O–H groups in total. The highest BCUT2D eigenvalue weighted by Gasteiger charge is 2.42. The number of aromatic hydroxyl groups is 1. The first-order chi connectivity index (χ1) is 57.1. The highest BCUT2D eigenvalue weighted by atomic mass is 16.4. The molecule has 1 fully saturated rings. The fourth-order valence-electron chi connectivity index (χ4n) is 12.5. The third kappa shape index (κ3) is 36.3. The number of phenolic OH excluding ortho intramolecular Hbond substituents is 1. The van der Waals surface area contributed by atoms with Crippen LogP contribution >= 0.6 is 0 Å². The number of phenols is 1. The van der Waals surface area contributed by atoms with Crippen molar-refractivity contribution in [1.29, 1.82) is 0 Å². The quantitative estimate of drug-likeness (QED) is 0.0234. The van der Waals surface area contributed by atoms with Crippen molar-refractivity contribution in [2.75, 3.05) is 45.9 Å². The molecular weight excluding hydrogens is 1580 g/mol. The number of H-pyrrole nitrogens is 1. The molecule has 0 unspecified atom stereocenters. The van der Waals surface area contributed by atoms with Gasteiger partial charge in [0.15, 0.2) is 0 Å². The van der Waals surface area contributed by atoms with E-state index in [1.54, 1.807) is 30.3 Å². The molecule has 0 saturated carbocycles. The number of benzene rings is 2. The third-order valence-corrected chi connectivity index (χ3v) is 18.9. The summed E-state index contributed by atoms with van der Waals surface area (Å²) in [6.45, 7) is -1.53. The highest BCUT2D eigenvalue weighted by Crippen LogP contribution is 2.22. The van der Waals surface area contributed by atoms with Crippen molar-refractivity contribution in [1.82, 2.24) is 78.7 Å². The SMILES string of the molecule is NCCCC[C@H](NC(=O)[C@H](Cc1ccc(O)cc1)NC(=O)[C@H](CC(=O)O)NC(=O)[C@H](Cc1c[nH]cn1)NC(=O)CNC(=O)[C@@H](N)CC(=O)O)C(=O)N[C@@H](Cc1ccccc1)C(=O)N[C@@H](CC(=O)O)C(=O)N[C@@H](CO)C(=O)N[C@@H](CCCCN)C(=O)N[C@@H](CCCCN)C(=O)N1CCC[C@H]1C(=O)N[C@@H](CCCCN)C(=O)N[C@@H](CCC(=O)O)C(=O)O. The van der Waals surface area contributed by atoms with Gasteiger partial charge in [0.05, 0.1) is 50.5 Å². The minimum absolute atomic E-state index is 0.0152. The number of amides is 13. The van der Waals surface area contributed by atoms with Gasteiger partial charge in [-0.25, -0.2) is 9.78 Å². The van der Waals surface area contributed by atoms with E-state index < -0.39 is 250 Å². The number of likely N-dealkylation sites (tertiary alicyclic amines) is 1. The number of nitrogens with zero attached hydrogens (tertiary/aromatic N) is 2. The van der Waals surface area contributed by atoms with Gasteiger partial charge >= 0.3 is 29.8 Å². The number of carboxylic acid groups (broad SMARTS) is 5. The van der Waals surface area contributed by atoms with E-state index in [0.717, 1.165) is 0 Å². The molecule has 13 amide bonds. The Morgan fingerprint density at radius 2 is 0.833 bits per heavy atom. The van der Waals surface area contributed by atoms with Gasteiger partial charge in [0.25, 0.3) is 0 Å². The number of nitrogens with one attached hydrogen (secondary N) is 13. The van der Waals surface area contributed by atoms with Gasteiger partial charge in [-0.1, -0.05) is 42.5 Å². The number of aliphatic hydroxyl groups excluding tert-OH is 1. The van der Waals surface area contributed by atoms with Crippen LogP contribution in [0.5, 0.6) is 5.75 Å². The lowest BCUT2D eigenvalue weighted by molar-refractivity contribution is -0.144. The molecule has 1 aliphatic rings. The van der Waals surface area contributed by atoms with Gasteiger partial charge < -0.3 is 138 Å². The summed E-state index contributed by atoms with van der Waals surface area (Å²) in [4.78, 5) is 251. The number of carboxylic acids is 5. The third-order valence-electron chi connectivity index (χ3n) is 18.9. The van der Waals surface area contributed by atoms with Crippen LogP contribution in [0, 0.1) is 0 Å². The number of aromatic amines is 1. The molecular formula is C75H112N20O25. The molecule has 3 aromatic rings. The van der Waals surface area contributed by atoms with E-state index in [1.807, 2.05) is 0 Å². The second kappa shape index (κ2) is 53.2. The number of rotatable bonds is 58. The van der Waals surface area contributed by atoms with Gasteiger partial charge in [0.2, 0.25) is 76.8 Å². The topological polar surface area (TPSA) is 755 Å². The Bertz CT molecular complexity index is 3940. The highest BCUT2D eigenvalue weighted by molar-refractivity contribution is 6.01. The summed E-state index contributed by atoms with van der Waals surface area (Å²) >= 11 is 0. The van der Waals surface area contributed by atoms with Gasteiger partial charge in [0, 0.05) is 38.4 Å². The lowest BCUT2D eigenvalue weighted by Gasteiger charge is -2.31. The Kier molecular flexibility index (Phi) is 44.3. The smallest absolute Gasteiger partial charge is 0.326 e. The zero-order chi connectivity index (χ0) is 89.0. The first kappa shape index (κ1) is 100. The average molecular weight is 1690 g/mol. The number of imidazole rings is 1. The number of unbranched alkanes of at least 4 members (excludes halogenated alkanes) is 4. The van der Waals surface area contributed by atoms with Crippen molar-refractivity contribution < 1.29 is 122 Å². The van der Waals surface area contributed by atoms with Crippen molar-refractivity contribution in [3.8, 4) is 5.75 Å². The van der Waals surface area contributed by atoms with Crippen LogP contribution in [0.1, 0.15) is 139 Å². The minimum Gasteiger partial charge on any atom is -0.508 e. The van der Waals surface area contributed by atoms with Crippen LogP contribution in [0.25, 0.3) is 0 Å². The number of aliphatic carboxylic acids is 5. The molecule has 2 heterocycles. The Labute approximate surface area is 688 Å². The van der Waals surface area contributed by atoms with E-state index >= 15 is 0 Å². The monoisotopic (exact) mass is 1690 g/mol. The van der Waals surface area contributed by atoms with Gasteiger partial charge in [-0.2, -0.15) is 0 Å². The fourth-order valence-corrected chi connectivity index (χ4v) is 12.5. The van der Waals surface area contributed by atoms with Crippen molar-refractivity contribution >= 4 is 107 Å². The number of aromatic nitrogens is 2. The predicted molar refractivity (Wildman–Crippen MR) is 421 cm³/mol. The summed E-state index contributed by atoms with van der Waals surface area (Å²) in [6, 6.07) is -8.79. The van der Waals surface area contributed by atoms with E-state index in [-0.39, 0.29) is 120 Å². The first-order valence-electron chi connectivity index (χ1n) is 39.1. The van der Waals surface area contributed by atoms with Crippen LogP contribution in [-0.2, 0) is 106 Å². The van der Waals surface area contributed by atoms with Gasteiger partial charge in [-0.05, 0) is 146 Å². The van der Waals surface area contributed by atoms with Gasteiger partial charge in [-0.15, -0.1) is 0 Å². The molecule has 120 heavy (non-hydrogen) atoms. The lowest BCUT2D eigenvalue weighted by Crippen LogP contribution is -2.61. The Balaban J connectivity index is 1.62. The predicted octanol–water partition coefficient (Wildman–Crippen LogP) is -7.21. The van der Waals surface area contributed by atoms with Crippen molar-refractivity contribution in [2.24, 2.45) is 28.7 Å². The molecule has 0 aliphatic carbocycles. The molecule has 13 atom stereocenters. The Morgan fingerprint density at radius 1 is 0.433 bits per heavy atom. The van der Waals surface area contributed by atoms with E-state index in [2.05, 4.69) is 73.8 Å². The molecule has 45 heteroatoms. The summed E-state index contributed by atoms with van der Waals surface area (Å²) < 4.78 is 0. The molecule has 45 nitrogen and oxygen atoms in total. The summed E-state index contributed by atoms with van der Waals surface area (Å²) in [5, 5.41) is 97.7. The Morgan fingerprint density at radius 3 is 1.27 bits per heavy atom. The maximum Gasteiger partial charge on any atom is 0.326 e. The zero-order valence-corrected chi connectivity index (χ0v) is 66.1. The van der Waals surface area contributed by atoms with E-state index in [1.165, 1.54) is 41.7 Å². The van der Waals surface area contributed by atoms with Crippen molar-refractivity contribution in [3.63, 3.8) is 0 Å². The maximum absolute atomic E-state index is 14.8. The van der Waals surface area contributed by atoms with Gasteiger partial charge in [-0.3, -0.25) is 81.5 Å². The van der Waals surface area contributed by atoms with Crippen LogP contribution in [-0.4, -0.2) is 282 Å². The van der Waals surface area contributed by atoms with E-state index in [9.17, 15) is 112 Å². The second-order valence-electron chi connectivity index (χ2n) is 28.5. The standard InChI is InChI=1S/C75H112N20O25/c76-26-8-4-15-46(64(108)88-49(18-7-11-29-79)74(118)95-30-12-19-57(95)73(117)87-48(17-6-10-28-78)65(109)89-50(75(119)120)24-25-59(99)100)86-72(116)56(39-96)94-71(115)55(36-62(105)106)92-68(112)51(31-41-13-2-1-3-14-41)90-66(110)47(16-5-9-27-77)85-67(111)52(32-42-20-22-44(97)23-21-42)91-70(114)54(35-61(103)104)93-69(113)53(33-43-37-81-40-83-43)84-58(98)38-82-63(107)45(80)34-60(101)102/h1-3,13-14,20-23,37,40,45-57,96-97H,4-12,15-19,24-36,38-39,76-80H2,(H,81,83)(H,82,107)(H,84,98)(H,85,111)(H,86,116)(H,87,117)(H,88,108)(H,89,109)(H,90,110)(H,91,114)(H,92,112)(H,93,113)(H,94,115)(H,99,100)(H,101,102)(H,103,104)(H,105,106)(H,119,120)/t45-,46-,47-,48-,49-,50-,51-,52-,53-,54-,55-,56-,57-/m0/s1. The van der Waals surface area contributed by atoms with Crippen LogP contribution in [0.15, 0.2) is 67.1 Å². The molecule has 0 radical (unpaired) electrons. The molecule has 662 valence electrons. The normalized spacial score (nSPS) is 15.3. The second-order valence-corrected chi connectivity index (χ2v) is 28.5. The molecule has 1 saturated heterocycles. The number of hydrogen-bond donors (Lipinski definition) is 25. The van der Waals surface area contributed by atoms with Gasteiger partial charge in [0.1, 0.15) is 78.3 Å². The molecule has 4 rings (SSSR count). The number of nitrogens with two attached hydrogens (primary N) is 5. The molecule has 0 spiro atoms. The molecule has 2 aromatic carbocycles. The molecule has 0 bridgehead atoms. The molecule has 1 aliphatic heterocycles. The van der Waals surface area contributed by atoms with Crippen LogP contribution in [0.3, 0.4) is 0 Å². The summed E-state index contributed by atoms with van der Waals surface area (Å²) in [5.74, 6) is -22.0. The van der Waals surface area contributed by atoms with Crippen molar-refractivity contribution in [2.45, 2.75) is 220 Å². The Hall–Kier alpha value is -12.3. The van der Waals surface area contributed by atoms with Crippen molar-refractivity contribution in [3.05, 3.63) is 83.9 Å². The molecule has 1 aromatic heterocycles. The van der Waals surface area contributed by atoms with E-state index in [0.29, 0.717) is 24.8 Å². The number of carbonyl (C=O) groups is 18. The summed E-state index contributed by atoms with van der Waals surface area (Å²) in [5.41, 5.74) is 29.5.